The second-order valence-electron chi connectivity index (χ2n) is 4.22. The van der Waals surface area contributed by atoms with E-state index in [9.17, 15) is 14.9 Å². The first-order chi connectivity index (χ1) is 8.91. The summed E-state index contributed by atoms with van der Waals surface area (Å²) in [6, 6.07) is 4.46. The molecule has 0 radical (unpaired) electrons. The summed E-state index contributed by atoms with van der Waals surface area (Å²) >= 11 is 0. The molecule has 0 aliphatic carbocycles. The molecule has 0 unspecified atom stereocenters. The minimum absolute atomic E-state index is 0.0193. The van der Waals surface area contributed by atoms with Crippen molar-refractivity contribution in [2.45, 2.75) is 20.8 Å². The average Bonchev–Trinajstić information content (AvgIpc) is 2.71. The highest BCUT2D eigenvalue weighted by Gasteiger charge is 2.16. The maximum Gasteiger partial charge on any atom is 0.269 e. The van der Waals surface area contributed by atoms with Gasteiger partial charge < -0.3 is 0 Å². The van der Waals surface area contributed by atoms with Gasteiger partial charge in [-0.3, -0.25) is 14.9 Å². The van der Waals surface area contributed by atoms with Crippen LogP contribution in [-0.4, -0.2) is 25.7 Å². The average molecular weight is 260 g/mol. The summed E-state index contributed by atoms with van der Waals surface area (Å²) in [7, 11) is 0. The van der Waals surface area contributed by atoms with Gasteiger partial charge in [0.15, 0.2) is 11.5 Å². The normalized spacial score (nSPS) is 10.5. The van der Waals surface area contributed by atoms with Gasteiger partial charge in [0, 0.05) is 19.1 Å². The van der Waals surface area contributed by atoms with Gasteiger partial charge >= 0.3 is 0 Å². The molecule has 1 aromatic heterocycles. The van der Waals surface area contributed by atoms with Crippen molar-refractivity contribution < 1.29 is 9.72 Å². The highest BCUT2D eigenvalue weighted by molar-refractivity contribution is 5.93. The molecular formula is C12H12N4O3. The molecule has 0 bridgehead atoms. The molecule has 0 aliphatic rings. The van der Waals surface area contributed by atoms with E-state index >= 15 is 0 Å². The quantitative estimate of drug-likeness (QED) is 0.478. The standard InChI is InChI=1S/C12H12N4O3/c1-7-6-10(16(18)19)4-5-11(7)15-8(2)12(9(3)17)13-14-15/h4-6H,1-3H3. The van der Waals surface area contributed by atoms with Crippen LogP contribution < -0.4 is 0 Å². The van der Waals surface area contributed by atoms with Crippen LogP contribution in [0.2, 0.25) is 0 Å². The number of aromatic nitrogens is 3. The fourth-order valence-electron chi connectivity index (χ4n) is 1.87. The van der Waals surface area contributed by atoms with Crippen molar-refractivity contribution in [3.63, 3.8) is 0 Å². The van der Waals surface area contributed by atoms with Crippen molar-refractivity contribution in [2.24, 2.45) is 0 Å². The van der Waals surface area contributed by atoms with E-state index in [2.05, 4.69) is 10.3 Å². The van der Waals surface area contributed by atoms with E-state index in [4.69, 9.17) is 0 Å². The minimum atomic E-state index is -0.452. The lowest BCUT2D eigenvalue weighted by molar-refractivity contribution is -0.384. The second-order valence-corrected chi connectivity index (χ2v) is 4.22. The van der Waals surface area contributed by atoms with Gasteiger partial charge in [0.05, 0.1) is 16.3 Å². The van der Waals surface area contributed by atoms with Crippen LogP contribution >= 0.6 is 0 Å². The summed E-state index contributed by atoms with van der Waals surface area (Å²) in [6.45, 7) is 4.90. The van der Waals surface area contributed by atoms with E-state index in [1.54, 1.807) is 19.9 Å². The second kappa shape index (κ2) is 4.60. The third-order valence-corrected chi connectivity index (χ3v) is 2.85. The summed E-state index contributed by atoms with van der Waals surface area (Å²) in [6.07, 6.45) is 0. The molecule has 0 spiro atoms. The van der Waals surface area contributed by atoms with Gasteiger partial charge in [-0.2, -0.15) is 0 Å². The molecule has 0 fully saturated rings. The number of nitro groups is 1. The van der Waals surface area contributed by atoms with E-state index in [-0.39, 0.29) is 11.5 Å². The molecule has 0 saturated heterocycles. The van der Waals surface area contributed by atoms with E-state index < -0.39 is 4.92 Å². The first kappa shape index (κ1) is 12.9. The van der Waals surface area contributed by atoms with E-state index in [0.717, 1.165) is 0 Å². The molecule has 2 aromatic rings. The topological polar surface area (TPSA) is 90.9 Å². The van der Waals surface area contributed by atoms with Gasteiger partial charge in [0.25, 0.3) is 5.69 Å². The number of rotatable bonds is 3. The highest BCUT2D eigenvalue weighted by atomic mass is 16.6. The molecule has 0 atom stereocenters. The molecule has 0 aliphatic heterocycles. The van der Waals surface area contributed by atoms with Crippen LogP contribution in [0.15, 0.2) is 18.2 Å². The molecule has 2 rings (SSSR count). The molecule has 0 N–H and O–H groups in total. The summed E-state index contributed by atoms with van der Waals surface area (Å²) in [5.41, 5.74) is 2.30. The zero-order valence-electron chi connectivity index (χ0n) is 10.7. The fraction of sp³-hybridized carbons (Fsp3) is 0.250. The summed E-state index contributed by atoms with van der Waals surface area (Å²) in [5.74, 6) is -0.164. The Morgan fingerprint density at radius 2 is 2.05 bits per heavy atom. The molecular weight excluding hydrogens is 248 g/mol. The van der Waals surface area contributed by atoms with Crippen LogP contribution in [0.1, 0.15) is 28.7 Å². The third kappa shape index (κ3) is 2.22. The van der Waals surface area contributed by atoms with Crippen LogP contribution in [0, 0.1) is 24.0 Å². The lowest BCUT2D eigenvalue weighted by Crippen LogP contribution is -2.03. The van der Waals surface area contributed by atoms with Gasteiger partial charge in [0.1, 0.15) is 0 Å². The number of aryl methyl sites for hydroxylation is 1. The van der Waals surface area contributed by atoms with Crippen LogP contribution in [0.5, 0.6) is 0 Å². The number of carbonyl (C=O) groups is 1. The number of non-ortho nitro benzene ring substituents is 1. The largest absolute Gasteiger partial charge is 0.293 e. The van der Waals surface area contributed by atoms with Crippen LogP contribution in [0.25, 0.3) is 5.69 Å². The predicted molar refractivity (Wildman–Crippen MR) is 67.5 cm³/mol. The Morgan fingerprint density at radius 1 is 1.37 bits per heavy atom. The molecule has 19 heavy (non-hydrogen) atoms. The monoisotopic (exact) mass is 260 g/mol. The van der Waals surface area contributed by atoms with Crippen molar-refractivity contribution in [1.29, 1.82) is 0 Å². The lowest BCUT2D eigenvalue weighted by atomic mass is 10.1. The highest BCUT2D eigenvalue weighted by Crippen LogP contribution is 2.21. The Kier molecular flexibility index (Phi) is 3.12. The molecule has 0 saturated carbocycles. The van der Waals surface area contributed by atoms with Gasteiger partial charge in [-0.25, -0.2) is 4.68 Å². The van der Waals surface area contributed by atoms with Crippen LogP contribution in [-0.2, 0) is 0 Å². The number of nitro benzene ring substituents is 1. The predicted octanol–water partition coefficient (Wildman–Crippen LogP) is 1.99. The van der Waals surface area contributed by atoms with Crippen LogP contribution in [0.3, 0.4) is 0 Å². The molecule has 7 nitrogen and oxygen atoms in total. The maximum absolute atomic E-state index is 11.3. The van der Waals surface area contributed by atoms with Gasteiger partial charge in [0.2, 0.25) is 0 Å². The SMILES string of the molecule is CC(=O)c1nnn(-c2ccc([N+](=O)[O-])cc2C)c1C. The van der Waals surface area contributed by atoms with Gasteiger partial charge in [-0.1, -0.05) is 5.21 Å². The smallest absolute Gasteiger partial charge is 0.269 e. The van der Waals surface area contributed by atoms with Crippen molar-refractivity contribution in [1.82, 2.24) is 15.0 Å². The number of hydrogen-bond acceptors (Lipinski definition) is 5. The number of carbonyl (C=O) groups excluding carboxylic acids is 1. The Balaban J connectivity index is 2.54. The van der Waals surface area contributed by atoms with Crippen molar-refractivity contribution in [2.75, 3.05) is 0 Å². The molecule has 7 heteroatoms. The van der Waals surface area contributed by atoms with Crippen molar-refractivity contribution in [3.05, 3.63) is 45.3 Å². The lowest BCUT2D eigenvalue weighted by Gasteiger charge is -2.06. The number of Topliss-reactive ketones (excluding diaryl/α,β-unsaturated/α-hetero) is 1. The summed E-state index contributed by atoms with van der Waals surface area (Å²) in [5, 5.41) is 18.4. The fourth-order valence-corrected chi connectivity index (χ4v) is 1.87. The van der Waals surface area contributed by atoms with E-state index in [1.807, 2.05) is 0 Å². The Morgan fingerprint density at radius 3 is 2.53 bits per heavy atom. The third-order valence-electron chi connectivity index (χ3n) is 2.85. The number of benzene rings is 1. The Bertz CT molecular complexity index is 676. The zero-order valence-corrected chi connectivity index (χ0v) is 10.7. The molecule has 1 heterocycles. The van der Waals surface area contributed by atoms with Gasteiger partial charge in [-0.15, -0.1) is 5.10 Å². The van der Waals surface area contributed by atoms with Gasteiger partial charge in [-0.05, 0) is 25.5 Å². The van der Waals surface area contributed by atoms with E-state index in [1.165, 1.54) is 23.7 Å². The number of nitrogens with zero attached hydrogens (tertiary/aromatic N) is 4. The Hall–Kier alpha value is -2.57. The zero-order chi connectivity index (χ0) is 14.2. The van der Waals surface area contributed by atoms with Crippen molar-refractivity contribution >= 4 is 11.5 Å². The summed E-state index contributed by atoms with van der Waals surface area (Å²) < 4.78 is 1.51. The van der Waals surface area contributed by atoms with Crippen molar-refractivity contribution in [3.8, 4) is 5.69 Å². The minimum Gasteiger partial charge on any atom is -0.293 e. The first-order valence-corrected chi connectivity index (χ1v) is 5.60. The van der Waals surface area contributed by atoms with E-state index in [0.29, 0.717) is 22.6 Å². The van der Waals surface area contributed by atoms with Crippen LogP contribution in [0.4, 0.5) is 5.69 Å². The maximum atomic E-state index is 11.3. The summed E-state index contributed by atoms with van der Waals surface area (Å²) in [4.78, 5) is 21.6. The molecule has 0 amide bonds. The molecule has 1 aromatic carbocycles. The number of ketones is 1. The first-order valence-electron chi connectivity index (χ1n) is 5.60. The molecule has 98 valence electrons. The number of hydrogen-bond donors (Lipinski definition) is 0. The Labute approximate surface area is 109 Å².